The number of benzene rings is 3. The molecule has 6 heteroatoms. The molecule has 2 heterocycles. The number of ether oxygens (including phenoxy) is 1. The van der Waals surface area contributed by atoms with Crippen molar-refractivity contribution >= 4 is 22.6 Å². The summed E-state index contributed by atoms with van der Waals surface area (Å²) in [6.45, 7) is 1.62. The van der Waals surface area contributed by atoms with E-state index in [1.807, 2.05) is 30.3 Å². The van der Waals surface area contributed by atoms with Crippen molar-refractivity contribution in [1.29, 1.82) is 0 Å². The van der Waals surface area contributed by atoms with Crippen LogP contribution in [0.1, 0.15) is 11.1 Å². The monoisotopic (exact) mass is 435 g/mol. The lowest BCUT2D eigenvalue weighted by molar-refractivity contribution is 0.0969. The molecule has 0 bridgehead atoms. The van der Waals surface area contributed by atoms with Crippen LogP contribution in [0.4, 0.5) is 4.39 Å². The van der Waals surface area contributed by atoms with Gasteiger partial charge < -0.3 is 9.15 Å². The van der Waals surface area contributed by atoms with Crippen LogP contribution in [-0.2, 0) is 13.0 Å². The maximum atomic E-state index is 13.1. The van der Waals surface area contributed by atoms with E-state index in [9.17, 15) is 9.18 Å². The van der Waals surface area contributed by atoms with Crippen LogP contribution < -0.4 is 10.4 Å². The highest BCUT2D eigenvalue weighted by Crippen LogP contribution is 2.41. The van der Waals surface area contributed by atoms with Crippen molar-refractivity contribution in [2.24, 2.45) is 0 Å². The van der Waals surface area contributed by atoms with Gasteiger partial charge >= 0.3 is 5.63 Å². The number of hydrogen-bond acceptors (Lipinski definition) is 4. The Kier molecular flexibility index (Phi) is 5.22. The second-order valence-corrected chi connectivity index (χ2v) is 8.00. The third kappa shape index (κ3) is 3.94. The molecule has 31 heavy (non-hydrogen) atoms. The van der Waals surface area contributed by atoms with E-state index in [0.29, 0.717) is 36.2 Å². The summed E-state index contributed by atoms with van der Waals surface area (Å²) in [6, 6.07) is 19.5. The van der Waals surface area contributed by atoms with Crippen molar-refractivity contribution < 1.29 is 13.5 Å². The van der Waals surface area contributed by atoms with Gasteiger partial charge in [-0.05, 0) is 41.3 Å². The summed E-state index contributed by atoms with van der Waals surface area (Å²) in [5.41, 5.74) is 3.58. The van der Waals surface area contributed by atoms with E-state index >= 15 is 0 Å². The summed E-state index contributed by atoms with van der Waals surface area (Å²) in [4.78, 5) is 14.5. The quantitative estimate of drug-likeness (QED) is 0.389. The molecule has 0 N–H and O–H groups in total. The van der Waals surface area contributed by atoms with E-state index < -0.39 is 5.63 Å². The molecule has 0 saturated carbocycles. The van der Waals surface area contributed by atoms with Gasteiger partial charge in [0.1, 0.15) is 23.9 Å². The van der Waals surface area contributed by atoms with Gasteiger partial charge in [-0.15, -0.1) is 0 Å². The largest absolute Gasteiger partial charge is 0.476 e. The highest BCUT2D eigenvalue weighted by atomic mass is 35.5. The molecule has 0 spiro atoms. The molecular weight excluding hydrogens is 417 g/mol. The van der Waals surface area contributed by atoms with Crippen molar-refractivity contribution in [1.82, 2.24) is 4.90 Å². The molecule has 5 rings (SSSR count). The van der Waals surface area contributed by atoms with Gasteiger partial charge in [0.05, 0.1) is 10.6 Å². The van der Waals surface area contributed by atoms with E-state index in [0.717, 1.165) is 34.1 Å². The molecular formula is C25H19ClFNO3. The second-order valence-electron chi connectivity index (χ2n) is 7.59. The van der Waals surface area contributed by atoms with Crippen LogP contribution in [0.5, 0.6) is 5.75 Å². The van der Waals surface area contributed by atoms with Gasteiger partial charge in [0, 0.05) is 24.5 Å². The van der Waals surface area contributed by atoms with E-state index in [1.165, 1.54) is 18.2 Å². The van der Waals surface area contributed by atoms with Crippen LogP contribution in [0.25, 0.3) is 22.1 Å². The minimum absolute atomic E-state index is 0.246. The predicted molar refractivity (Wildman–Crippen MR) is 119 cm³/mol. The average molecular weight is 436 g/mol. The molecule has 0 aliphatic carbocycles. The molecule has 0 atom stereocenters. The number of hydrogen-bond donors (Lipinski definition) is 0. The Morgan fingerprint density at radius 2 is 1.81 bits per heavy atom. The average Bonchev–Trinajstić information content (AvgIpc) is 2.79. The van der Waals surface area contributed by atoms with Gasteiger partial charge in [-0.3, -0.25) is 4.90 Å². The zero-order valence-corrected chi connectivity index (χ0v) is 17.4. The van der Waals surface area contributed by atoms with E-state index in [-0.39, 0.29) is 5.82 Å². The molecule has 1 aliphatic rings. The molecule has 0 unspecified atom stereocenters. The minimum Gasteiger partial charge on any atom is -0.476 e. The lowest BCUT2D eigenvalue weighted by atomic mass is 9.99. The first kappa shape index (κ1) is 19.8. The van der Waals surface area contributed by atoms with Crippen molar-refractivity contribution in [3.8, 4) is 16.9 Å². The summed E-state index contributed by atoms with van der Waals surface area (Å²) in [7, 11) is 0. The number of fused-ring (bicyclic) bond motifs is 3. The standard InChI is InChI=1S/C25H19ClFNO3/c26-22-12-20-19(17-4-2-1-3-5-17)13-23(29)31-24(20)21-14-28(15-30-25(21)22)11-10-16-6-8-18(27)9-7-16/h1-9,12-13H,10-11,14-15H2. The smallest absolute Gasteiger partial charge is 0.336 e. The maximum Gasteiger partial charge on any atom is 0.336 e. The molecule has 4 aromatic rings. The Balaban J connectivity index is 1.52. The van der Waals surface area contributed by atoms with Gasteiger partial charge in [-0.1, -0.05) is 54.1 Å². The Hall–Kier alpha value is -3.15. The Morgan fingerprint density at radius 3 is 2.58 bits per heavy atom. The van der Waals surface area contributed by atoms with Crippen molar-refractivity contribution in [3.05, 3.63) is 99.1 Å². The normalized spacial score (nSPS) is 13.7. The molecule has 156 valence electrons. The van der Waals surface area contributed by atoms with Crippen molar-refractivity contribution in [2.75, 3.05) is 13.3 Å². The fourth-order valence-corrected chi connectivity index (χ4v) is 4.25. The molecule has 0 saturated heterocycles. The lowest BCUT2D eigenvalue weighted by Crippen LogP contribution is -2.34. The molecule has 0 fully saturated rings. The van der Waals surface area contributed by atoms with Crippen LogP contribution >= 0.6 is 11.6 Å². The SMILES string of the molecule is O=c1cc(-c2ccccc2)c2cc(Cl)c3c(c2o1)CN(CCc1ccc(F)cc1)CO3. The van der Waals surface area contributed by atoms with Gasteiger partial charge in [0.2, 0.25) is 0 Å². The van der Waals surface area contributed by atoms with E-state index in [4.69, 9.17) is 20.8 Å². The lowest BCUT2D eigenvalue weighted by Gasteiger charge is -2.30. The molecule has 0 amide bonds. The summed E-state index contributed by atoms with van der Waals surface area (Å²) in [5, 5.41) is 1.27. The van der Waals surface area contributed by atoms with Gasteiger partial charge in [-0.2, -0.15) is 0 Å². The maximum absolute atomic E-state index is 13.1. The third-order valence-corrected chi connectivity index (χ3v) is 5.80. The zero-order valence-electron chi connectivity index (χ0n) is 16.6. The molecule has 1 aliphatic heterocycles. The first-order chi connectivity index (χ1) is 15.1. The summed E-state index contributed by atoms with van der Waals surface area (Å²) < 4.78 is 24.7. The van der Waals surface area contributed by atoms with E-state index in [2.05, 4.69) is 4.90 Å². The fourth-order valence-electron chi connectivity index (χ4n) is 3.97. The van der Waals surface area contributed by atoms with Crippen LogP contribution in [0.15, 0.2) is 75.9 Å². The van der Waals surface area contributed by atoms with Gasteiger partial charge in [0.25, 0.3) is 0 Å². The topological polar surface area (TPSA) is 42.7 Å². The van der Waals surface area contributed by atoms with E-state index in [1.54, 1.807) is 18.2 Å². The van der Waals surface area contributed by atoms with Gasteiger partial charge in [-0.25, -0.2) is 9.18 Å². The Morgan fingerprint density at radius 1 is 1.03 bits per heavy atom. The number of nitrogens with zero attached hydrogens (tertiary/aromatic N) is 1. The third-order valence-electron chi connectivity index (χ3n) is 5.52. The molecule has 0 radical (unpaired) electrons. The van der Waals surface area contributed by atoms with Gasteiger partial charge in [0.15, 0.2) is 0 Å². The van der Waals surface area contributed by atoms with Crippen LogP contribution in [-0.4, -0.2) is 18.2 Å². The predicted octanol–water partition coefficient (Wildman–Crippen LogP) is 5.65. The number of rotatable bonds is 4. The summed E-state index contributed by atoms with van der Waals surface area (Å²) >= 11 is 6.56. The van der Waals surface area contributed by atoms with Crippen molar-refractivity contribution in [3.63, 3.8) is 0 Å². The first-order valence-electron chi connectivity index (χ1n) is 10.0. The van der Waals surface area contributed by atoms with Crippen LogP contribution in [0.3, 0.4) is 0 Å². The molecule has 1 aromatic heterocycles. The molecule has 3 aromatic carbocycles. The highest BCUT2D eigenvalue weighted by Gasteiger charge is 2.25. The van der Waals surface area contributed by atoms with Crippen LogP contribution in [0.2, 0.25) is 5.02 Å². The molecule has 4 nitrogen and oxygen atoms in total. The zero-order chi connectivity index (χ0) is 21.4. The Bertz CT molecular complexity index is 1300. The minimum atomic E-state index is -0.417. The highest BCUT2D eigenvalue weighted by molar-refractivity contribution is 6.33. The summed E-state index contributed by atoms with van der Waals surface area (Å²) in [6.07, 6.45) is 0.747. The van der Waals surface area contributed by atoms with Crippen LogP contribution in [0, 0.1) is 5.82 Å². The van der Waals surface area contributed by atoms with Crippen molar-refractivity contribution in [2.45, 2.75) is 13.0 Å². The Labute approximate surface area is 183 Å². The fraction of sp³-hybridized carbons (Fsp3) is 0.160. The first-order valence-corrected chi connectivity index (χ1v) is 10.4. The second kappa shape index (κ2) is 8.17. The summed E-state index contributed by atoms with van der Waals surface area (Å²) in [5.74, 6) is 0.310. The number of halogens is 2.